The highest BCUT2D eigenvalue weighted by Crippen LogP contribution is 2.08. The summed E-state index contributed by atoms with van der Waals surface area (Å²) in [6, 6.07) is 1.83. The molecule has 0 bridgehead atoms. The van der Waals surface area contributed by atoms with Crippen LogP contribution in [-0.2, 0) is 9.53 Å². The first-order valence-electron chi connectivity index (χ1n) is 6.00. The maximum absolute atomic E-state index is 10.8. The number of hydrogen-bond donors (Lipinski definition) is 2. The predicted octanol–water partition coefficient (Wildman–Crippen LogP) is 1.32. The highest BCUT2D eigenvalue weighted by Gasteiger charge is 1.99. The fourth-order valence-electron chi connectivity index (χ4n) is 1.35. The van der Waals surface area contributed by atoms with E-state index in [1.54, 1.807) is 14.0 Å². The van der Waals surface area contributed by atoms with Crippen molar-refractivity contribution in [3.8, 4) is 0 Å². The van der Waals surface area contributed by atoms with Crippen LogP contribution >= 0.6 is 0 Å². The number of anilines is 2. The first-order chi connectivity index (χ1) is 8.72. The summed E-state index contributed by atoms with van der Waals surface area (Å²) in [6.07, 6.45) is 2.92. The van der Waals surface area contributed by atoms with Gasteiger partial charge in [0, 0.05) is 39.3 Å². The third kappa shape index (κ3) is 6.15. The van der Waals surface area contributed by atoms with Gasteiger partial charge in [-0.05, 0) is 13.3 Å². The van der Waals surface area contributed by atoms with E-state index >= 15 is 0 Å². The Morgan fingerprint density at radius 3 is 2.56 bits per heavy atom. The van der Waals surface area contributed by atoms with Gasteiger partial charge < -0.3 is 15.4 Å². The smallest absolute Gasteiger partial charge is 0.131 e. The number of nitrogens with one attached hydrogen (secondary N) is 2. The Hall–Kier alpha value is -1.69. The molecule has 0 amide bonds. The van der Waals surface area contributed by atoms with Gasteiger partial charge >= 0.3 is 0 Å². The zero-order valence-corrected chi connectivity index (χ0v) is 10.9. The molecule has 1 aromatic rings. The molecule has 0 saturated heterocycles. The van der Waals surface area contributed by atoms with Crippen LogP contribution in [-0.4, -0.2) is 42.6 Å². The second kappa shape index (κ2) is 8.41. The van der Waals surface area contributed by atoms with E-state index < -0.39 is 0 Å². The number of ketones is 1. The van der Waals surface area contributed by atoms with E-state index in [1.165, 1.54) is 6.33 Å². The average molecular weight is 252 g/mol. The quantitative estimate of drug-likeness (QED) is 0.645. The standard InChI is InChI=1S/C12H20N4O2/c1-10(17)4-6-14-12-8-11(15-9-16-12)13-5-3-7-18-2/h8-9H,3-7H2,1-2H3,(H2,13,14,15,16). The predicted molar refractivity (Wildman–Crippen MR) is 70.8 cm³/mol. The monoisotopic (exact) mass is 252 g/mol. The van der Waals surface area contributed by atoms with E-state index in [-0.39, 0.29) is 5.78 Å². The second-order valence-corrected chi connectivity index (χ2v) is 3.94. The number of Topliss-reactive ketones (excluding diaryl/α,β-unsaturated/α-hetero) is 1. The lowest BCUT2D eigenvalue weighted by molar-refractivity contribution is -0.116. The number of ether oxygens (including phenoxy) is 1. The first kappa shape index (κ1) is 14.4. The summed E-state index contributed by atoms with van der Waals surface area (Å²) in [7, 11) is 1.68. The Bertz CT molecular complexity index is 371. The Labute approximate surface area is 107 Å². The fourth-order valence-corrected chi connectivity index (χ4v) is 1.35. The van der Waals surface area contributed by atoms with E-state index in [4.69, 9.17) is 4.74 Å². The highest BCUT2D eigenvalue weighted by atomic mass is 16.5. The molecule has 6 heteroatoms. The van der Waals surface area contributed by atoms with Crippen molar-refractivity contribution in [2.75, 3.05) is 37.4 Å². The number of aromatic nitrogens is 2. The number of carbonyl (C=O) groups is 1. The summed E-state index contributed by atoms with van der Waals surface area (Å²) in [6.45, 7) is 3.69. The number of rotatable bonds is 9. The Kier molecular flexibility index (Phi) is 6.71. The maximum atomic E-state index is 10.8. The molecule has 0 aliphatic heterocycles. The van der Waals surface area contributed by atoms with E-state index in [2.05, 4.69) is 20.6 Å². The Morgan fingerprint density at radius 1 is 1.28 bits per heavy atom. The third-order valence-electron chi connectivity index (χ3n) is 2.28. The van der Waals surface area contributed by atoms with Gasteiger partial charge in [-0.3, -0.25) is 4.79 Å². The zero-order chi connectivity index (χ0) is 13.2. The van der Waals surface area contributed by atoms with Crippen LogP contribution in [0.5, 0.6) is 0 Å². The summed E-state index contributed by atoms with van der Waals surface area (Å²) in [5.74, 6) is 1.65. The molecule has 0 unspecified atom stereocenters. The van der Waals surface area contributed by atoms with Crippen LogP contribution < -0.4 is 10.6 Å². The van der Waals surface area contributed by atoms with Gasteiger partial charge in [-0.15, -0.1) is 0 Å². The fraction of sp³-hybridized carbons (Fsp3) is 0.583. The van der Waals surface area contributed by atoms with Gasteiger partial charge in [0.05, 0.1) is 0 Å². The number of hydrogen-bond acceptors (Lipinski definition) is 6. The molecule has 0 saturated carbocycles. The van der Waals surface area contributed by atoms with Crippen LogP contribution in [0.15, 0.2) is 12.4 Å². The van der Waals surface area contributed by atoms with Gasteiger partial charge in [-0.1, -0.05) is 0 Å². The zero-order valence-electron chi connectivity index (χ0n) is 10.9. The minimum Gasteiger partial charge on any atom is -0.385 e. The summed E-state index contributed by atoms with van der Waals surface area (Å²) < 4.78 is 4.96. The van der Waals surface area contributed by atoms with Crippen LogP contribution in [0, 0.1) is 0 Å². The minimum absolute atomic E-state index is 0.162. The van der Waals surface area contributed by atoms with Crippen LogP contribution in [0.1, 0.15) is 19.8 Å². The van der Waals surface area contributed by atoms with Crippen molar-refractivity contribution in [2.45, 2.75) is 19.8 Å². The topological polar surface area (TPSA) is 76.1 Å². The lowest BCUT2D eigenvalue weighted by atomic mass is 10.3. The van der Waals surface area contributed by atoms with Gasteiger partial charge in [-0.25, -0.2) is 9.97 Å². The lowest BCUT2D eigenvalue weighted by Gasteiger charge is -2.07. The molecule has 0 aromatic carbocycles. The average Bonchev–Trinajstić information content (AvgIpc) is 2.35. The molecule has 0 aliphatic rings. The molecule has 100 valence electrons. The molecular weight excluding hydrogens is 232 g/mol. The molecule has 0 aliphatic carbocycles. The number of methoxy groups -OCH3 is 1. The summed E-state index contributed by atoms with van der Waals surface area (Å²) in [5.41, 5.74) is 0. The largest absolute Gasteiger partial charge is 0.385 e. The van der Waals surface area contributed by atoms with E-state index in [0.29, 0.717) is 13.0 Å². The van der Waals surface area contributed by atoms with Crippen molar-refractivity contribution in [2.24, 2.45) is 0 Å². The molecule has 0 spiro atoms. The maximum Gasteiger partial charge on any atom is 0.131 e. The molecule has 0 fully saturated rings. The SMILES string of the molecule is COCCCNc1cc(NCCC(C)=O)ncn1. The lowest BCUT2D eigenvalue weighted by Crippen LogP contribution is -2.09. The number of carbonyl (C=O) groups excluding carboxylic acids is 1. The van der Waals surface area contributed by atoms with Gasteiger partial charge in [0.25, 0.3) is 0 Å². The Balaban J connectivity index is 2.34. The normalized spacial score (nSPS) is 10.1. The Morgan fingerprint density at radius 2 is 1.94 bits per heavy atom. The molecule has 1 rings (SSSR count). The van der Waals surface area contributed by atoms with Crippen molar-refractivity contribution < 1.29 is 9.53 Å². The third-order valence-corrected chi connectivity index (χ3v) is 2.28. The molecule has 0 radical (unpaired) electrons. The first-order valence-corrected chi connectivity index (χ1v) is 6.00. The van der Waals surface area contributed by atoms with Crippen molar-refractivity contribution in [1.29, 1.82) is 0 Å². The van der Waals surface area contributed by atoms with Crippen LogP contribution in [0.2, 0.25) is 0 Å². The van der Waals surface area contributed by atoms with Crippen LogP contribution in [0.4, 0.5) is 11.6 Å². The van der Waals surface area contributed by atoms with Gasteiger partial charge in [0.1, 0.15) is 23.7 Å². The van der Waals surface area contributed by atoms with E-state index in [0.717, 1.165) is 31.2 Å². The number of nitrogens with zero attached hydrogens (tertiary/aromatic N) is 2. The molecular formula is C12H20N4O2. The van der Waals surface area contributed by atoms with E-state index in [1.807, 2.05) is 6.07 Å². The summed E-state index contributed by atoms with van der Waals surface area (Å²) in [4.78, 5) is 19.0. The van der Waals surface area contributed by atoms with Crippen molar-refractivity contribution in [3.63, 3.8) is 0 Å². The summed E-state index contributed by atoms with van der Waals surface area (Å²) in [5, 5.41) is 6.26. The van der Waals surface area contributed by atoms with Gasteiger partial charge in [-0.2, -0.15) is 0 Å². The molecule has 2 N–H and O–H groups in total. The molecule has 1 aromatic heterocycles. The highest BCUT2D eigenvalue weighted by molar-refractivity contribution is 5.75. The molecule has 18 heavy (non-hydrogen) atoms. The summed E-state index contributed by atoms with van der Waals surface area (Å²) >= 11 is 0. The van der Waals surface area contributed by atoms with Crippen LogP contribution in [0.3, 0.4) is 0 Å². The van der Waals surface area contributed by atoms with Crippen molar-refractivity contribution >= 4 is 17.4 Å². The van der Waals surface area contributed by atoms with Crippen LogP contribution in [0.25, 0.3) is 0 Å². The van der Waals surface area contributed by atoms with Crippen molar-refractivity contribution in [1.82, 2.24) is 9.97 Å². The minimum atomic E-state index is 0.162. The van der Waals surface area contributed by atoms with Gasteiger partial charge in [0.2, 0.25) is 0 Å². The van der Waals surface area contributed by atoms with Crippen molar-refractivity contribution in [3.05, 3.63) is 12.4 Å². The molecule has 6 nitrogen and oxygen atoms in total. The second-order valence-electron chi connectivity index (χ2n) is 3.94. The molecule has 0 atom stereocenters. The molecule has 1 heterocycles. The van der Waals surface area contributed by atoms with Gasteiger partial charge in [0.15, 0.2) is 0 Å². The van der Waals surface area contributed by atoms with E-state index in [9.17, 15) is 4.79 Å².